The van der Waals surface area contributed by atoms with Crippen LogP contribution in [-0.2, 0) is 16.0 Å². The number of halogens is 1. The molecule has 3 rings (SSSR count). The van der Waals surface area contributed by atoms with Crippen LogP contribution in [0.2, 0.25) is 0 Å². The normalized spacial score (nSPS) is 17.0. The molecule has 0 bridgehead atoms. The van der Waals surface area contributed by atoms with Crippen LogP contribution in [0.3, 0.4) is 0 Å². The maximum Gasteiger partial charge on any atom is 0.327 e. The summed E-state index contributed by atoms with van der Waals surface area (Å²) in [7, 11) is 1.33. The molecule has 1 aliphatic rings. The molecule has 0 heterocycles. The van der Waals surface area contributed by atoms with Crippen LogP contribution < -0.4 is 5.32 Å². The van der Waals surface area contributed by atoms with Crippen molar-refractivity contribution in [2.24, 2.45) is 0 Å². The van der Waals surface area contributed by atoms with Crippen LogP contribution in [0.1, 0.15) is 40.8 Å². The first-order chi connectivity index (χ1) is 11.6. The first-order valence-electron chi connectivity index (χ1n) is 7.75. The summed E-state index contributed by atoms with van der Waals surface area (Å²) in [5, 5.41) is 12.3. The van der Waals surface area contributed by atoms with E-state index in [1.807, 2.05) is 6.07 Å². The molecule has 5 heteroatoms. The van der Waals surface area contributed by atoms with E-state index >= 15 is 0 Å². The highest BCUT2D eigenvalue weighted by molar-refractivity contribution is 5.77. The molecule has 2 aromatic rings. The molecule has 0 radical (unpaired) electrons. The third-order valence-corrected chi connectivity index (χ3v) is 4.37. The van der Waals surface area contributed by atoms with Gasteiger partial charge in [-0.05, 0) is 47.7 Å². The van der Waals surface area contributed by atoms with Crippen molar-refractivity contribution in [2.45, 2.75) is 24.9 Å². The minimum atomic E-state index is -0.706. The Labute approximate surface area is 139 Å². The summed E-state index contributed by atoms with van der Waals surface area (Å²) in [4.78, 5) is 12.2. The van der Waals surface area contributed by atoms with Crippen LogP contribution in [-0.4, -0.2) is 13.1 Å². The maximum absolute atomic E-state index is 13.9. The average molecular weight is 324 g/mol. The minimum absolute atomic E-state index is 0.134. The Hall–Kier alpha value is -2.71. The van der Waals surface area contributed by atoms with E-state index in [-0.39, 0.29) is 11.9 Å². The van der Waals surface area contributed by atoms with Crippen LogP contribution in [0.5, 0.6) is 0 Å². The van der Waals surface area contributed by atoms with Crippen molar-refractivity contribution in [2.75, 3.05) is 7.11 Å². The summed E-state index contributed by atoms with van der Waals surface area (Å²) in [5.74, 6) is -0.646. The fourth-order valence-corrected chi connectivity index (χ4v) is 3.19. The number of hydrogen-bond acceptors (Lipinski definition) is 4. The number of benzene rings is 2. The zero-order valence-corrected chi connectivity index (χ0v) is 13.3. The van der Waals surface area contributed by atoms with E-state index in [1.54, 1.807) is 30.3 Å². The van der Waals surface area contributed by atoms with Gasteiger partial charge in [0.1, 0.15) is 11.9 Å². The molecule has 24 heavy (non-hydrogen) atoms. The van der Waals surface area contributed by atoms with Crippen molar-refractivity contribution >= 4 is 5.97 Å². The van der Waals surface area contributed by atoms with E-state index in [0.29, 0.717) is 29.5 Å². The van der Waals surface area contributed by atoms with Gasteiger partial charge < -0.3 is 4.74 Å². The predicted octanol–water partition coefficient (Wildman–Crippen LogP) is 3.19. The number of nitrogens with zero attached hydrogens (tertiary/aromatic N) is 1. The summed E-state index contributed by atoms with van der Waals surface area (Å²) < 4.78 is 18.8. The molecule has 2 atom stereocenters. The number of fused-ring (bicyclic) bond motifs is 1. The highest BCUT2D eigenvalue weighted by atomic mass is 19.1. The van der Waals surface area contributed by atoms with Crippen LogP contribution in [0.4, 0.5) is 4.39 Å². The monoisotopic (exact) mass is 324 g/mol. The van der Waals surface area contributed by atoms with E-state index in [9.17, 15) is 9.18 Å². The smallest absolute Gasteiger partial charge is 0.327 e. The molecule has 1 N–H and O–H groups in total. The Kier molecular flexibility index (Phi) is 4.59. The first-order valence-corrected chi connectivity index (χ1v) is 7.75. The Bertz CT molecular complexity index is 813. The maximum atomic E-state index is 13.9. The van der Waals surface area contributed by atoms with Gasteiger partial charge >= 0.3 is 5.97 Å². The minimum Gasteiger partial charge on any atom is -0.468 e. The molecule has 0 amide bonds. The molecule has 0 spiro atoms. The van der Waals surface area contributed by atoms with Crippen molar-refractivity contribution in [1.82, 2.24) is 5.32 Å². The Balaban J connectivity index is 1.91. The Morgan fingerprint density at radius 3 is 2.92 bits per heavy atom. The SMILES string of the molecule is COC(=O)C(NC1CCc2c(F)cccc21)c1cccc(C#N)c1. The number of carbonyl (C=O) groups is 1. The molecule has 2 aromatic carbocycles. The number of ether oxygens (including phenoxy) is 1. The van der Waals surface area contributed by atoms with Crippen molar-refractivity contribution in [3.63, 3.8) is 0 Å². The summed E-state index contributed by atoms with van der Waals surface area (Å²) >= 11 is 0. The number of rotatable bonds is 4. The molecular weight excluding hydrogens is 307 g/mol. The van der Waals surface area contributed by atoms with Crippen LogP contribution in [0.25, 0.3) is 0 Å². The van der Waals surface area contributed by atoms with Gasteiger partial charge in [-0.2, -0.15) is 5.26 Å². The third-order valence-electron chi connectivity index (χ3n) is 4.37. The van der Waals surface area contributed by atoms with Crippen molar-refractivity contribution < 1.29 is 13.9 Å². The molecule has 0 aliphatic heterocycles. The number of hydrogen-bond donors (Lipinski definition) is 1. The highest BCUT2D eigenvalue weighted by Crippen LogP contribution is 2.34. The van der Waals surface area contributed by atoms with Crippen LogP contribution in [0, 0.1) is 17.1 Å². The predicted molar refractivity (Wildman–Crippen MR) is 86.5 cm³/mol. The van der Waals surface area contributed by atoms with Gasteiger partial charge in [0.15, 0.2) is 0 Å². The second kappa shape index (κ2) is 6.81. The average Bonchev–Trinajstić information content (AvgIpc) is 3.03. The van der Waals surface area contributed by atoms with Crippen molar-refractivity contribution in [3.8, 4) is 6.07 Å². The lowest BCUT2D eigenvalue weighted by molar-refractivity contribution is -0.143. The molecule has 1 aliphatic carbocycles. The lowest BCUT2D eigenvalue weighted by atomic mass is 10.0. The van der Waals surface area contributed by atoms with E-state index in [1.165, 1.54) is 13.2 Å². The Morgan fingerprint density at radius 1 is 1.38 bits per heavy atom. The van der Waals surface area contributed by atoms with Gasteiger partial charge in [0.25, 0.3) is 0 Å². The van der Waals surface area contributed by atoms with Gasteiger partial charge in [-0.25, -0.2) is 9.18 Å². The Morgan fingerprint density at radius 2 is 2.17 bits per heavy atom. The number of carbonyl (C=O) groups excluding carboxylic acids is 1. The lowest BCUT2D eigenvalue weighted by Gasteiger charge is -2.22. The zero-order chi connectivity index (χ0) is 17.1. The van der Waals surface area contributed by atoms with Gasteiger partial charge in [-0.15, -0.1) is 0 Å². The molecule has 0 aromatic heterocycles. The summed E-state index contributed by atoms with van der Waals surface area (Å²) in [6.45, 7) is 0. The first kappa shape index (κ1) is 16.2. The topological polar surface area (TPSA) is 62.1 Å². The quantitative estimate of drug-likeness (QED) is 0.878. The summed E-state index contributed by atoms with van der Waals surface area (Å²) in [5.41, 5.74) is 2.71. The fourth-order valence-electron chi connectivity index (χ4n) is 3.19. The highest BCUT2D eigenvalue weighted by Gasteiger charge is 2.30. The number of methoxy groups -OCH3 is 1. The van der Waals surface area contributed by atoms with Crippen molar-refractivity contribution in [3.05, 3.63) is 70.5 Å². The molecule has 122 valence electrons. The second-order valence-corrected chi connectivity index (χ2v) is 5.76. The summed E-state index contributed by atoms with van der Waals surface area (Å²) in [6.07, 6.45) is 1.34. The lowest BCUT2D eigenvalue weighted by Crippen LogP contribution is -2.32. The molecule has 0 saturated heterocycles. The summed E-state index contributed by atoms with van der Waals surface area (Å²) in [6, 6.07) is 13.1. The van der Waals surface area contributed by atoms with Gasteiger partial charge in [-0.3, -0.25) is 5.32 Å². The number of nitriles is 1. The van der Waals surface area contributed by atoms with Gasteiger partial charge in [-0.1, -0.05) is 24.3 Å². The van der Waals surface area contributed by atoms with E-state index in [2.05, 4.69) is 11.4 Å². The van der Waals surface area contributed by atoms with Gasteiger partial charge in [0.05, 0.1) is 18.7 Å². The van der Waals surface area contributed by atoms with Gasteiger partial charge in [0.2, 0.25) is 0 Å². The van der Waals surface area contributed by atoms with Crippen molar-refractivity contribution in [1.29, 1.82) is 5.26 Å². The van der Waals surface area contributed by atoms with Gasteiger partial charge in [0, 0.05) is 6.04 Å². The molecule has 4 nitrogen and oxygen atoms in total. The standard InChI is InChI=1S/C19H17FN2O2/c1-24-19(23)18(13-5-2-4-12(10-13)11-21)22-17-9-8-14-15(17)6-3-7-16(14)20/h2-7,10,17-18,22H,8-9H2,1H3. The zero-order valence-electron chi connectivity index (χ0n) is 13.3. The number of nitrogens with one attached hydrogen (secondary N) is 1. The number of esters is 1. The van der Waals surface area contributed by atoms with E-state index in [4.69, 9.17) is 10.00 Å². The molecule has 0 saturated carbocycles. The third kappa shape index (κ3) is 3.01. The molecule has 0 fully saturated rings. The largest absolute Gasteiger partial charge is 0.468 e. The van der Waals surface area contributed by atoms with Crippen LogP contribution in [0.15, 0.2) is 42.5 Å². The van der Waals surface area contributed by atoms with Crippen LogP contribution >= 0.6 is 0 Å². The van der Waals surface area contributed by atoms with E-state index in [0.717, 1.165) is 5.56 Å². The second-order valence-electron chi connectivity index (χ2n) is 5.76. The molecule has 2 unspecified atom stereocenters. The molecular formula is C19H17FN2O2. The van der Waals surface area contributed by atoms with E-state index < -0.39 is 12.0 Å². The fraction of sp³-hybridized carbons (Fsp3) is 0.263.